The number of hydrogen-bond acceptors (Lipinski definition) is 4. The highest BCUT2D eigenvalue weighted by molar-refractivity contribution is 5.91. The van der Waals surface area contributed by atoms with Crippen LogP contribution >= 0.6 is 0 Å². The van der Waals surface area contributed by atoms with Crippen LogP contribution in [0.4, 0.5) is 5.82 Å². The number of carbonyl (C=O) groups excluding carboxylic acids is 1. The molecule has 2 aromatic heterocycles. The molecule has 0 unspecified atom stereocenters. The highest BCUT2D eigenvalue weighted by Crippen LogP contribution is 2.40. The molecule has 134 valence electrons. The molecule has 3 heterocycles. The van der Waals surface area contributed by atoms with Crippen molar-refractivity contribution in [2.24, 2.45) is 5.92 Å². The highest BCUT2D eigenvalue weighted by Gasteiger charge is 2.31. The number of aromatic amines is 1. The second kappa shape index (κ2) is 7.00. The van der Waals surface area contributed by atoms with E-state index in [-0.39, 0.29) is 5.91 Å². The lowest BCUT2D eigenvalue weighted by molar-refractivity contribution is -0.117. The maximum absolute atomic E-state index is 12.5. The summed E-state index contributed by atoms with van der Waals surface area (Å²) in [5.41, 5.74) is 1.17. The van der Waals surface area contributed by atoms with Crippen LogP contribution in [0.25, 0.3) is 0 Å². The molecule has 1 aliphatic carbocycles. The standard InChI is InChI=1S/C18H26N6O/c1-13(14-4-5-14)24-17(7-9-20-24)21-18(25)12-23-10-2-3-15(11-23)16-6-8-19-22-16/h6-9,13-15H,2-5,10-12H2,1H3,(H,19,22)(H,21,25)/t13-,15-/m1/s1. The van der Waals surface area contributed by atoms with Crippen LogP contribution in [0.15, 0.2) is 24.5 Å². The first-order chi connectivity index (χ1) is 12.2. The van der Waals surface area contributed by atoms with Gasteiger partial charge in [-0.05, 0) is 51.1 Å². The predicted molar refractivity (Wildman–Crippen MR) is 95.3 cm³/mol. The van der Waals surface area contributed by atoms with E-state index >= 15 is 0 Å². The van der Waals surface area contributed by atoms with Gasteiger partial charge in [-0.1, -0.05) is 0 Å². The Bertz CT molecular complexity index is 705. The van der Waals surface area contributed by atoms with Crippen molar-refractivity contribution in [2.75, 3.05) is 25.0 Å². The van der Waals surface area contributed by atoms with Gasteiger partial charge in [-0.3, -0.25) is 14.8 Å². The lowest BCUT2D eigenvalue weighted by Gasteiger charge is -2.31. The summed E-state index contributed by atoms with van der Waals surface area (Å²) in [6.45, 7) is 4.47. The molecule has 25 heavy (non-hydrogen) atoms. The van der Waals surface area contributed by atoms with Gasteiger partial charge in [0.25, 0.3) is 0 Å². The molecule has 0 spiro atoms. The molecular weight excluding hydrogens is 316 g/mol. The Hall–Kier alpha value is -2.15. The molecule has 1 saturated heterocycles. The summed E-state index contributed by atoms with van der Waals surface area (Å²) in [6, 6.07) is 4.27. The fourth-order valence-corrected chi connectivity index (χ4v) is 3.85. The van der Waals surface area contributed by atoms with Gasteiger partial charge in [-0.15, -0.1) is 0 Å². The number of carbonyl (C=O) groups is 1. The molecule has 7 heteroatoms. The molecular formula is C18H26N6O. The van der Waals surface area contributed by atoms with Gasteiger partial charge in [0.1, 0.15) is 5.82 Å². The van der Waals surface area contributed by atoms with E-state index in [9.17, 15) is 4.79 Å². The Morgan fingerprint density at radius 3 is 3.00 bits per heavy atom. The first-order valence-electron chi connectivity index (χ1n) is 9.25. The minimum atomic E-state index is 0.0370. The summed E-state index contributed by atoms with van der Waals surface area (Å²) in [5.74, 6) is 1.99. The zero-order valence-electron chi connectivity index (χ0n) is 14.7. The Morgan fingerprint density at radius 2 is 2.24 bits per heavy atom. The third kappa shape index (κ3) is 3.76. The molecule has 2 N–H and O–H groups in total. The second-order valence-corrected chi connectivity index (χ2v) is 7.37. The second-order valence-electron chi connectivity index (χ2n) is 7.37. The van der Waals surface area contributed by atoms with Crippen molar-refractivity contribution in [2.45, 2.75) is 44.6 Å². The van der Waals surface area contributed by atoms with Crippen molar-refractivity contribution in [3.63, 3.8) is 0 Å². The molecule has 7 nitrogen and oxygen atoms in total. The largest absolute Gasteiger partial charge is 0.310 e. The topological polar surface area (TPSA) is 78.8 Å². The SMILES string of the molecule is C[C@H](C1CC1)n1nccc1NC(=O)CN1CCC[C@@H](c2ccn[nH]2)C1. The zero-order valence-corrected chi connectivity index (χ0v) is 14.7. The first-order valence-corrected chi connectivity index (χ1v) is 9.25. The smallest absolute Gasteiger partial charge is 0.239 e. The average molecular weight is 342 g/mol. The number of aromatic nitrogens is 4. The van der Waals surface area contributed by atoms with Crippen LogP contribution in [0, 0.1) is 5.92 Å². The third-order valence-corrected chi connectivity index (χ3v) is 5.46. The molecule has 2 aromatic rings. The Labute approximate surface area is 147 Å². The van der Waals surface area contributed by atoms with E-state index in [1.54, 1.807) is 12.4 Å². The summed E-state index contributed by atoms with van der Waals surface area (Å²) in [4.78, 5) is 14.7. The fourth-order valence-electron chi connectivity index (χ4n) is 3.85. The lowest BCUT2D eigenvalue weighted by atomic mass is 9.95. The average Bonchev–Trinajstić information content (AvgIpc) is 3.12. The van der Waals surface area contributed by atoms with Crippen LogP contribution in [0.5, 0.6) is 0 Å². The van der Waals surface area contributed by atoms with E-state index < -0.39 is 0 Å². The number of rotatable bonds is 6. The van der Waals surface area contributed by atoms with Crippen molar-refractivity contribution in [3.05, 3.63) is 30.2 Å². The fraction of sp³-hybridized carbons (Fsp3) is 0.611. The summed E-state index contributed by atoms with van der Waals surface area (Å²) in [6.07, 6.45) is 8.33. The van der Waals surface area contributed by atoms with Crippen LogP contribution in [0.2, 0.25) is 0 Å². The van der Waals surface area contributed by atoms with Gasteiger partial charge in [-0.25, -0.2) is 4.68 Å². The molecule has 1 aliphatic heterocycles. The summed E-state index contributed by atoms with van der Waals surface area (Å²) in [7, 11) is 0. The van der Waals surface area contributed by atoms with E-state index in [0.29, 0.717) is 24.4 Å². The van der Waals surface area contributed by atoms with Crippen LogP contribution in [0.3, 0.4) is 0 Å². The quantitative estimate of drug-likeness (QED) is 0.845. The van der Waals surface area contributed by atoms with Gasteiger partial charge in [0.05, 0.1) is 18.8 Å². The van der Waals surface area contributed by atoms with Crippen LogP contribution in [-0.2, 0) is 4.79 Å². The van der Waals surface area contributed by atoms with Crippen LogP contribution < -0.4 is 5.32 Å². The Morgan fingerprint density at radius 1 is 1.36 bits per heavy atom. The summed E-state index contributed by atoms with van der Waals surface area (Å²) in [5, 5.41) is 14.6. The number of H-pyrrole nitrogens is 1. The number of hydrogen-bond donors (Lipinski definition) is 2. The van der Waals surface area contributed by atoms with E-state index in [2.05, 4.69) is 32.4 Å². The summed E-state index contributed by atoms with van der Waals surface area (Å²) < 4.78 is 1.96. The van der Waals surface area contributed by atoms with E-state index in [1.165, 1.54) is 18.5 Å². The van der Waals surface area contributed by atoms with Crippen molar-refractivity contribution in [1.82, 2.24) is 24.9 Å². The minimum absolute atomic E-state index is 0.0370. The van der Waals surface area contributed by atoms with Crippen molar-refractivity contribution < 1.29 is 4.79 Å². The van der Waals surface area contributed by atoms with E-state index in [1.807, 2.05) is 16.8 Å². The van der Waals surface area contributed by atoms with Gasteiger partial charge in [0.2, 0.25) is 5.91 Å². The van der Waals surface area contributed by atoms with Gasteiger partial charge in [-0.2, -0.15) is 10.2 Å². The van der Waals surface area contributed by atoms with Gasteiger partial charge < -0.3 is 5.32 Å². The minimum Gasteiger partial charge on any atom is -0.310 e. The normalized spacial score (nSPS) is 22.7. The molecule has 0 radical (unpaired) electrons. The third-order valence-electron chi connectivity index (χ3n) is 5.46. The predicted octanol–water partition coefficient (Wildman–Crippen LogP) is 2.40. The number of nitrogens with zero attached hydrogens (tertiary/aromatic N) is 4. The Balaban J connectivity index is 1.34. The lowest BCUT2D eigenvalue weighted by Crippen LogP contribution is -2.40. The number of likely N-dealkylation sites (tertiary alicyclic amines) is 1. The Kier molecular flexibility index (Phi) is 4.57. The van der Waals surface area contributed by atoms with Gasteiger partial charge in [0, 0.05) is 30.4 Å². The van der Waals surface area contributed by atoms with E-state index in [4.69, 9.17) is 0 Å². The van der Waals surface area contributed by atoms with E-state index in [0.717, 1.165) is 31.7 Å². The number of anilines is 1. The summed E-state index contributed by atoms with van der Waals surface area (Å²) >= 11 is 0. The van der Waals surface area contributed by atoms with Crippen LogP contribution in [-0.4, -0.2) is 50.4 Å². The van der Waals surface area contributed by atoms with Crippen molar-refractivity contribution in [1.29, 1.82) is 0 Å². The zero-order chi connectivity index (χ0) is 17.2. The molecule has 1 amide bonds. The molecule has 0 bridgehead atoms. The maximum atomic E-state index is 12.5. The first kappa shape index (κ1) is 16.3. The van der Waals surface area contributed by atoms with Gasteiger partial charge >= 0.3 is 0 Å². The van der Waals surface area contributed by atoms with Gasteiger partial charge in [0.15, 0.2) is 0 Å². The molecule has 0 aromatic carbocycles. The monoisotopic (exact) mass is 342 g/mol. The molecule has 4 rings (SSSR count). The number of nitrogens with one attached hydrogen (secondary N) is 2. The number of piperidine rings is 1. The van der Waals surface area contributed by atoms with Crippen molar-refractivity contribution >= 4 is 11.7 Å². The molecule has 2 aliphatic rings. The molecule has 2 atom stereocenters. The van der Waals surface area contributed by atoms with Crippen LogP contribution in [0.1, 0.15) is 50.3 Å². The molecule has 2 fully saturated rings. The molecule has 1 saturated carbocycles. The maximum Gasteiger partial charge on any atom is 0.239 e. The highest BCUT2D eigenvalue weighted by atomic mass is 16.2. The van der Waals surface area contributed by atoms with Crippen molar-refractivity contribution in [3.8, 4) is 0 Å². The number of amides is 1.